The van der Waals surface area contributed by atoms with Crippen molar-refractivity contribution < 1.29 is 9.53 Å². The Morgan fingerprint density at radius 2 is 2.00 bits per heavy atom. The summed E-state index contributed by atoms with van der Waals surface area (Å²) in [7, 11) is 0. The number of anilines is 1. The average Bonchev–Trinajstić information content (AvgIpc) is 2.89. The van der Waals surface area contributed by atoms with Gasteiger partial charge < -0.3 is 9.64 Å². The number of aromatic nitrogens is 4. The molecule has 0 bridgehead atoms. The maximum atomic E-state index is 13.1. The molecule has 0 saturated carbocycles. The fourth-order valence-electron chi connectivity index (χ4n) is 3.07. The smallest absolute Gasteiger partial charge is 0.298 e. The molecular formula is C18H19N5O2. The van der Waals surface area contributed by atoms with E-state index < -0.39 is 0 Å². The molecule has 1 aromatic carbocycles. The van der Waals surface area contributed by atoms with Gasteiger partial charge in [-0.05, 0) is 51.0 Å². The summed E-state index contributed by atoms with van der Waals surface area (Å²) in [6.07, 6.45) is 0.753. The van der Waals surface area contributed by atoms with E-state index in [9.17, 15) is 4.79 Å². The second-order valence-corrected chi connectivity index (χ2v) is 6.32. The van der Waals surface area contributed by atoms with Crippen LogP contribution in [0.1, 0.15) is 34.0 Å². The quantitative estimate of drug-likeness (QED) is 0.682. The number of aryl methyl sites for hydroxylation is 3. The number of fused-ring (bicyclic) bond motifs is 2. The molecule has 1 aliphatic rings. The highest BCUT2D eigenvalue weighted by Crippen LogP contribution is 2.32. The number of benzene rings is 1. The van der Waals surface area contributed by atoms with Crippen LogP contribution in [-0.2, 0) is 0 Å². The van der Waals surface area contributed by atoms with Gasteiger partial charge in [-0.2, -0.15) is 4.98 Å². The van der Waals surface area contributed by atoms with Gasteiger partial charge in [-0.15, -0.1) is 5.10 Å². The van der Waals surface area contributed by atoms with Crippen LogP contribution in [0, 0.1) is 20.8 Å². The molecule has 4 rings (SSSR count). The van der Waals surface area contributed by atoms with Crippen LogP contribution >= 0.6 is 0 Å². The van der Waals surface area contributed by atoms with E-state index in [2.05, 4.69) is 15.1 Å². The minimum atomic E-state index is -0.236. The van der Waals surface area contributed by atoms with E-state index in [1.54, 1.807) is 9.42 Å². The molecule has 0 aliphatic carbocycles. The zero-order valence-corrected chi connectivity index (χ0v) is 14.5. The van der Waals surface area contributed by atoms with Gasteiger partial charge in [0.1, 0.15) is 5.75 Å². The lowest BCUT2D eigenvalue weighted by Gasteiger charge is -2.20. The van der Waals surface area contributed by atoms with E-state index in [0.29, 0.717) is 24.7 Å². The van der Waals surface area contributed by atoms with E-state index in [1.165, 1.54) is 0 Å². The van der Waals surface area contributed by atoms with Crippen molar-refractivity contribution in [1.82, 2.24) is 19.6 Å². The van der Waals surface area contributed by atoms with Crippen molar-refractivity contribution in [2.75, 3.05) is 18.1 Å². The molecule has 0 unspecified atom stereocenters. The van der Waals surface area contributed by atoms with Gasteiger partial charge in [-0.3, -0.25) is 4.79 Å². The lowest BCUT2D eigenvalue weighted by molar-refractivity contribution is 0.0977. The van der Waals surface area contributed by atoms with E-state index >= 15 is 0 Å². The van der Waals surface area contributed by atoms with Gasteiger partial charge in [-0.1, -0.05) is 6.07 Å². The zero-order valence-electron chi connectivity index (χ0n) is 14.5. The van der Waals surface area contributed by atoms with Gasteiger partial charge in [0.15, 0.2) is 0 Å². The van der Waals surface area contributed by atoms with Crippen molar-refractivity contribution in [2.24, 2.45) is 0 Å². The SMILES string of the molecule is Cc1ccc2c(c1)N(C(=O)c1nc3nc(C)cc(C)n3n1)CCCO2. The number of carbonyl (C=O) groups excluding carboxylic acids is 1. The van der Waals surface area contributed by atoms with Crippen LogP contribution in [0.2, 0.25) is 0 Å². The Morgan fingerprint density at radius 1 is 1.16 bits per heavy atom. The maximum absolute atomic E-state index is 13.1. The first-order valence-corrected chi connectivity index (χ1v) is 8.29. The number of hydrogen-bond donors (Lipinski definition) is 0. The fraction of sp³-hybridized carbons (Fsp3) is 0.333. The summed E-state index contributed by atoms with van der Waals surface area (Å²) in [5, 5.41) is 4.37. The Balaban J connectivity index is 1.79. The number of ether oxygens (including phenoxy) is 1. The molecule has 128 valence electrons. The molecule has 0 N–H and O–H groups in total. The first-order valence-electron chi connectivity index (χ1n) is 8.29. The molecule has 0 atom stereocenters. The maximum Gasteiger partial charge on any atom is 0.298 e. The Morgan fingerprint density at radius 3 is 2.84 bits per heavy atom. The van der Waals surface area contributed by atoms with Crippen LogP contribution < -0.4 is 9.64 Å². The molecule has 0 radical (unpaired) electrons. The molecule has 2 aromatic heterocycles. The third kappa shape index (κ3) is 2.71. The minimum Gasteiger partial charge on any atom is -0.491 e. The first-order chi connectivity index (χ1) is 12.0. The molecule has 1 amide bonds. The molecule has 7 nitrogen and oxygen atoms in total. The summed E-state index contributed by atoms with van der Waals surface area (Å²) in [6, 6.07) is 7.75. The minimum absolute atomic E-state index is 0.149. The Hall–Kier alpha value is -2.96. The normalized spacial score (nSPS) is 14.1. The second-order valence-electron chi connectivity index (χ2n) is 6.32. The van der Waals surface area contributed by atoms with Gasteiger partial charge >= 0.3 is 0 Å². The van der Waals surface area contributed by atoms with Crippen LogP contribution in [0.4, 0.5) is 5.69 Å². The standard InChI is InChI=1S/C18H19N5O2/c1-11-5-6-15-14(9-11)22(7-4-8-25-15)17(24)16-20-18-19-12(2)10-13(3)23(18)21-16/h5-6,9-10H,4,7-8H2,1-3H3. The Bertz CT molecular complexity index is 979. The van der Waals surface area contributed by atoms with E-state index in [4.69, 9.17) is 4.74 Å². The third-order valence-electron chi connectivity index (χ3n) is 4.24. The molecule has 0 spiro atoms. The molecule has 7 heteroatoms. The first kappa shape index (κ1) is 15.6. The predicted molar refractivity (Wildman–Crippen MR) is 93.2 cm³/mol. The highest BCUT2D eigenvalue weighted by atomic mass is 16.5. The summed E-state index contributed by atoms with van der Waals surface area (Å²) < 4.78 is 7.36. The second kappa shape index (κ2) is 5.84. The monoisotopic (exact) mass is 337 g/mol. The van der Waals surface area contributed by atoms with Gasteiger partial charge in [-0.25, -0.2) is 9.50 Å². The van der Waals surface area contributed by atoms with Crippen molar-refractivity contribution in [1.29, 1.82) is 0 Å². The van der Waals surface area contributed by atoms with Crippen molar-refractivity contribution in [3.05, 3.63) is 47.0 Å². The van der Waals surface area contributed by atoms with Crippen molar-refractivity contribution in [3.63, 3.8) is 0 Å². The van der Waals surface area contributed by atoms with E-state index in [0.717, 1.165) is 29.1 Å². The number of carbonyl (C=O) groups is 1. The molecule has 25 heavy (non-hydrogen) atoms. The molecule has 0 saturated heterocycles. The summed E-state index contributed by atoms with van der Waals surface area (Å²) >= 11 is 0. The number of nitrogens with zero attached hydrogens (tertiary/aromatic N) is 5. The lowest BCUT2D eigenvalue weighted by Crippen LogP contribution is -2.32. The number of rotatable bonds is 1. The van der Waals surface area contributed by atoms with Crippen molar-refractivity contribution in [3.8, 4) is 5.75 Å². The summed E-state index contributed by atoms with van der Waals surface area (Å²) in [6.45, 7) is 6.96. The molecule has 3 heterocycles. The van der Waals surface area contributed by atoms with Gasteiger partial charge in [0.2, 0.25) is 5.82 Å². The van der Waals surface area contributed by atoms with Gasteiger partial charge in [0, 0.05) is 17.9 Å². The van der Waals surface area contributed by atoms with Crippen LogP contribution in [0.15, 0.2) is 24.3 Å². The average molecular weight is 337 g/mol. The Kier molecular flexibility index (Phi) is 3.63. The van der Waals surface area contributed by atoms with Crippen LogP contribution in [0.25, 0.3) is 5.78 Å². The summed E-state index contributed by atoms with van der Waals surface area (Å²) in [5.41, 5.74) is 3.57. The fourth-order valence-corrected chi connectivity index (χ4v) is 3.07. The lowest BCUT2D eigenvalue weighted by atomic mass is 10.2. The highest BCUT2D eigenvalue weighted by Gasteiger charge is 2.27. The number of amides is 1. The third-order valence-corrected chi connectivity index (χ3v) is 4.24. The molecule has 3 aromatic rings. The number of hydrogen-bond acceptors (Lipinski definition) is 5. The van der Waals surface area contributed by atoms with Crippen LogP contribution in [-0.4, -0.2) is 38.6 Å². The Labute approximate surface area is 145 Å². The zero-order chi connectivity index (χ0) is 17.6. The van der Waals surface area contributed by atoms with Crippen molar-refractivity contribution >= 4 is 17.4 Å². The van der Waals surface area contributed by atoms with Gasteiger partial charge in [0.05, 0.1) is 12.3 Å². The predicted octanol–water partition coefficient (Wildman–Crippen LogP) is 2.48. The topological polar surface area (TPSA) is 72.6 Å². The molecule has 0 fully saturated rings. The van der Waals surface area contributed by atoms with E-state index in [1.807, 2.05) is 45.0 Å². The van der Waals surface area contributed by atoms with Crippen LogP contribution in [0.3, 0.4) is 0 Å². The summed E-state index contributed by atoms with van der Waals surface area (Å²) in [4.78, 5) is 23.5. The molecule has 1 aliphatic heterocycles. The van der Waals surface area contributed by atoms with Crippen molar-refractivity contribution in [2.45, 2.75) is 27.2 Å². The van der Waals surface area contributed by atoms with Gasteiger partial charge in [0.25, 0.3) is 11.7 Å². The van der Waals surface area contributed by atoms with Crippen LogP contribution in [0.5, 0.6) is 5.75 Å². The largest absolute Gasteiger partial charge is 0.491 e. The molecular weight excluding hydrogens is 318 g/mol. The summed E-state index contributed by atoms with van der Waals surface area (Å²) in [5.74, 6) is 1.07. The van der Waals surface area contributed by atoms with E-state index in [-0.39, 0.29) is 11.7 Å². The highest BCUT2D eigenvalue weighted by molar-refractivity contribution is 6.04.